The molecule has 2 aliphatic heterocycles. The second-order valence-corrected chi connectivity index (χ2v) is 13.0. The van der Waals surface area contributed by atoms with E-state index in [1.165, 1.54) is 18.9 Å². The van der Waals surface area contributed by atoms with Crippen molar-refractivity contribution in [3.8, 4) is 0 Å². The van der Waals surface area contributed by atoms with Crippen LogP contribution in [0.5, 0.6) is 0 Å². The van der Waals surface area contributed by atoms with Gasteiger partial charge >= 0.3 is 0 Å². The number of benzene rings is 1. The first-order chi connectivity index (χ1) is 19.1. The average Bonchev–Trinajstić information content (AvgIpc) is 3.30. The standard InChI is InChI=1S/C27H32F2N6O4S/c28-27(29)7-11-35(18-27)23-16-20(17-34-12-8-30-24(23)34)31-25(37)21-2-1-19(32-40(38,39)14-13-36)15-22(21)33-9-5-26(3-4-26)6-10-33/h1-2,8,12,15-17,32,36H,3-7,9-11,13-14,18H2,(H,31,37). The van der Waals surface area contributed by atoms with Crippen molar-refractivity contribution < 1.29 is 27.1 Å². The summed E-state index contributed by atoms with van der Waals surface area (Å²) in [6.07, 6.45) is 9.18. The zero-order chi connectivity index (χ0) is 28.1. The lowest BCUT2D eigenvalue weighted by molar-refractivity contribution is 0.0257. The number of aromatic nitrogens is 2. The van der Waals surface area contributed by atoms with Crippen molar-refractivity contribution in [1.82, 2.24) is 9.38 Å². The molecule has 3 aromatic rings. The molecule has 0 radical (unpaired) electrons. The number of carbonyl (C=O) groups excluding carboxylic acids is 1. The van der Waals surface area contributed by atoms with Gasteiger partial charge in [-0.3, -0.25) is 9.52 Å². The van der Waals surface area contributed by atoms with Crippen molar-refractivity contribution in [3.63, 3.8) is 0 Å². The first-order valence-corrected chi connectivity index (χ1v) is 15.1. The number of aliphatic hydroxyl groups excluding tert-OH is 1. The second kappa shape index (κ2) is 9.88. The van der Waals surface area contributed by atoms with Crippen molar-refractivity contribution in [2.75, 3.05) is 58.4 Å². The number of nitrogens with zero attached hydrogens (tertiary/aromatic N) is 4. The molecule has 214 valence electrons. The monoisotopic (exact) mass is 574 g/mol. The summed E-state index contributed by atoms with van der Waals surface area (Å²) in [6, 6.07) is 6.43. The number of hydrogen-bond donors (Lipinski definition) is 3. The smallest absolute Gasteiger partial charge is 0.266 e. The molecule has 0 atom stereocenters. The number of aliphatic hydroxyl groups is 1. The number of alkyl halides is 2. The molecule has 1 aromatic carbocycles. The van der Waals surface area contributed by atoms with Gasteiger partial charge < -0.3 is 24.6 Å². The number of sulfonamides is 1. The van der Waals surface area contributed by atoms with Gasteiger partial charge in [0.15, 0.2) is 5.65 Å². The summed E-state index contributed by atoms with van der Waals surface area (Å²) in [5.41, 5.74) is 3.16. The molecule has 0 unspecified atom stereocenters. The number of pyridine rings is 1. The summed E-state index contributed by atoms with van der Waals surface area (Å²) < 4.78 is 56.7. The Morgan fingerprint density at radius 2 is 1.73 bits per heavy atom. The third-order valence-electron chi connectivity index (χ3n) is 8.23. The molecule has 3 N–H and O–H groups in total. The Hall–Kier alpha value is -3.45. The molecule has 10 nitrogen and oxygen atoms in total. The number of hydrogen-bond acceptors (Lipinski definition) is 7. The maximum absolute atomic E-state index is 14.0. The van der Waals surface area contributed by atoms with Crippen LogP contribution in [0.1, 0.15) is 42.5 Å². The molecule has 1 amide bonds. The van der Waals surface area contributed by atoms with E-state index >= 15 is 0 Å². The molecule has 1 saturated carbocycles. The van der Waals surface area contributed by atoms with Crippen LogP contribution < -0.4 is 19.8 Å². The van der Waals surface area contributed by atoms with Gasteiger partial charge in [0, 0.05) is 44.6 Å². The number of carbonyl (C=O) groups is 1. The predicted octanol–water partition coefficient (Wildman–Crippen LogP) is 3.55. The fraction of sp³-hybridized carbons (Fsp3) is 0.481. The highest BCUT2D eigenvalue weighted by atomic mass is 32.2. The molecule has 1 spiro atoms. The second-order valence-electron chi connectivity index (χ2n) is 11.1. The molecule has 3 aliphatic rings. The van der Waals surface area contributed by atoms with Gasteiger partial charge in [-0.25, -0.2) is 22.2 Å². The maximum Gasteiger partial charge on any atom is 0.266 e. The van der Waals surface area contributed by atoms with Gasteiger partial charge in [-0.1, -0.05) is 0 Å². The minimum absolute atomic E-state index is 0.182. The third kappa shape index (κ3) is 5.44. The van der Waals surface area contributed by atoms with Crippen LogP contribution in [0.15, 0.2) is 42.9 Å². The van der Waals surface area contributed by atoms with E-state index < -0.39 is 40.8 Å². The summed E-state index contributed by atoms with van der Waals surface area (Å²) in [4.78, 5) is 21.7. The highest BCUT2D eigenvalue weighted by molar-refractivity contribution is 7.92. The zero-order valence-electron chi connectivity index (χ0n) is 21.9. The van der Waals surface area contributed by atoms with Gasteiger partial charge in [0.05, 0.1) is 47.2 Å². The Labute approximate surface area is 231 Å². The van der Waals surface area contributed by atoms with Gasteiger partial charge in [-0.2, -0.15) is 0 Å². The summed E-state index contributed by atoms with van der Waals surface area (Å²) in [7, 11) is -3.74. The van der Waals surface area contributed by atoms with Gasteiger partial charge in [-0.05, 0) is 55.4 Å². The van der Waals surface area contributed by atoms with E-state index in [9.17, 15) is 22.0 Å². The molecule has 0 bridgehead atoms. The van der Waals surface area contributed by atoms with Crippen LogP contribution in [0.2, 0.25) is 0 Å². The Kier molecular flexibility index (Phi) is 6.61. The van der Waals surface area contributed by atoms with E-state index in [2.05, 4.69) is 19.9 Å². The normalized spacial score (nSPS) is 19.8. The number of piperidine rings is 1. The zero-order valence-corrected chi connectivity index (χ0v) is 22.8. The van der Waals surface area contributed by atoms with Crippen molar-refractivity contribution >= 4 is 44.3 Å². The number of amides is 1. The van der Waals surface area contributed by atoms with Gasteiger partial charge in [0.1, 0.15) is 0 Å². The highest BCUT2D eigenvalue weighted by Gasteiger charge is 2.44. The molecule has 40 heavy (non-hydrogen) atoms. The molecular formula is C27H32F2N6O4S. The van der Waals surface area contributed by atoms with E-state index in [-0.39, 0.29) is 13.0 Å². The van der Waals surface area contributed by atoms with Crippen LogP contribution in [-0.2, 0) is 10.0 Å². The number of rotatable bonds is 8. The summed E-state index contributed by atoms with van der Waals surface area (Å²) >= 11 is 0. The fourth-order valence-electron chi connectivity index (χ4n) is 5.75. The maximum atomic E-state index is 14.0. The third-order valence-corrected chi connectivity index (χ3v) is 9.50. The molecule has 3 fully saturated rings. The summed E-state index contributed by atoms with van der Waals surface area (Å²) in [5, 5.41) is 12.0. The lowest BCUT2D eigenvalue weighted by atomic mass is 9.93. The van der Waals surface area contributed by atoms with Crippen molar-refractivity contribution in [2.45, 2.75) is 38.0 Å². The fourth-order valence-corrected chi connectivity index (χ4v) is 6.58. The average molecular weight is 575 g/mol. The number of imidazole rings is 1. The van der Waals surface area contributed by atoms with Crippen LogP contribution >= 0.6 is 0 Å². The van der Waals surface area contributed by atoms with Gasteiger partial charge in [-0.15, -0.1) is 0 Å². The molecule has 4 heterocycles. The molecule has 2 aromatic heterocycles. The minimum atomic E-state index is -3.74. The van der Waals surface area contributed by atoms with E-state index in [0.29, 0.717) is 39.4 Å². The molecular weight excluding hydrogens is 542 g/mol. The number of fused-ring (bicyclic) bond motifs is 1. The van der Waals surface area contributed by atoms with Crippen molar-refractivity contribution in [1.29, 1.82) is 0 Å². The van der Waals surface area contributed by atoms with Crippen LogP contribution in [0.4, 0.5) is 31.5 Å². The Balaban J connectivity index is 1.30. The quantitative estimate of drug-likeness (QED) is 0.377. The van der Waals surface area contributed by atoms with Crippen molar-refractivity contribution in [2.24, 2.45) is 5.41 Å². The summed E-state index contributed by atoms with van der Waals surface area (Å²) in [5.74, 6) is -3.62. The van der Waals surface area contributed by atoms with Crippen LogP contribution in [0.3, 0.4) is 0 Å². The van der Waals surface area contributed by atoms with Gasteiger partial charge in [0.2, 0.25) is 10.0 Å². The van der Waals surface area contributed by atoms with E-state index in [1.54, 1.807) is 46.1 Å². The SMILES string of the molecule is O=C(Nc1cc(N2CCC(F)(F)C2)c2nccn2c1)c1ccc(NS(=O)(=O)CCO)cc1N1CCC2(CC1)CC2. The largest absolute Gasteiger partial charge is 0.395 e. The molecule has 1 aliphatic carbocycles. The lowest BCUT2D eigenvalue weighted by Gasteiger charge is -2.35. The number of anilines is 4. The van der Waals surface area contributed by atoms with Crippen molar-refractivity contribution in [3.05, 3.63) is 48.4 Å². The molecule has 2 saturated heterocycles. The molecule has 13 heteroatoms. The van der Waals surface area contributed by atoms with Crippen LogP contribution in [0.25, 0.3) is 5.65 Å². The van der Waals surface area contributed by atoms with E-state index in [1.807, 2.05) is 0 Å². The molecule has 6 rings (SSSR count). The first kappa shape index (κ1) is 26.8. The van der Waals surface area contributed by atoms with Crippen LogP contribution in [-0.4, -0.2) is 73.3 Å². The number of halogens is 2. The highest BCUT2D eigenvalue weighted by Crippen LogP contribution is 2.54. The van der Waals surface area contributed by atoms with Gasteiger partial charge in [0.25, 0.3) is 11.8 Å². The first-order valence-electron chi connectivity index (χ1n) is 13.5. The topological polar surface area (TPSA) is 119 Å². The van der Waals surface area contributed by atoms with Crippen LogP contribution in [0, 0.1) is 5.41 Å². The Bertz CT molecular complexity index is 1550. The van der Waals surface area contributed by atoms with E-state index in [0.717, 1.165) is 25.9 Å². The Morgan fingerprint density at radius 1 is 1.00 bits per heavy atom. The Morgan fingerprint density at radius 3 is 2.40 bits per heavy atom. The minimum Gasteiger partial charge on any atom is -0.395 e. The number of nitrogens with one attached hydrogen (secondary N) is 2. The predicted molar refractivity (Wildman–Crippen MR) is 149 cm³/mol. The summed E-state index contributed by atoms with van der Waals surface area (Å²) in [6.45, 7) is 0.764. The van der Waals surface area contributed by atoms with E-state index in [4.69, 9.17) is 5.11 Å². The lowest BCUT2D eigenvalue weighted by Crippen LogP contribution is -2.35.